The lowest BCUT2D eigenvalue weighted by molar-refractivity contribution is 0.412. The molecule has 0 spiro atoms. The summed E-state index contributed by atoms with van der Waals surface area (Å²) in [6, 6.07) is 10.8. The minimum Gasteiger partial charge on any atom is -0.496 e. The van der Waals surface area contributed by atoms with Crippen LogP contribution in [0.15, 0.2) is 40.9 Å². The van der Waals surface area contributed by atoms with Crippen LogP contribution in [0.25, 0.3) is 0 Å². The van der Waals surface area contributed by atoms with Crippen LogP contribution in [-0.2, 0) is 0 Å². The van der Waals surface area contributed by atoms with Crippen molar-refractivity contribution in [2.24, 2.45) is 0 Å². The zero-order valence-corrected chi connectivity index (χ0v) is 13.3. The molecule has 0 aliphatic heterocycles. The van der Waals surface area contributed by atoms with Crippen molar-refractivity contribution in [3.05, 3.63) is 63.4 Å². The summed E-state index contributed by atoms with van der Waals surface area (Å²) in [5.74, 6) is 0.560. The number of methoxy groups -OCH3 is 1. The van der Waals surface area contributed by atoms with Crippen molar-refractivity contribution in [1.29, 1.82) is 0 Å². The minimum absolute atomic E-state index is 0.196. The Morgan fingerprint density at radius 3 is 2.50 bits per heavy atom. The van der Waals surface area contributed by atoms with E-state index in [1.807, 2.05) is 44.3 Å². The van der Waals surface area contributed by atoms with E-state index < -0.39 is 0 Å². The quantitative estimate of drug-likeness (QED) is 0.902. The average molecular weight is 338 g/mol. The standard InChI is InChI=1S/C16H17BrFNO/c1-10-4-6-12(14(18)8-10)16(19-2)11-5-7-15(20-3)13(17)9-11/h4-9,16,19H,1-3H3. The molecule has 2 rings (SSSR count). The highest BCUT2D eigenvalue weighted by atomic mass is 79.9. The first-order valence-corrected chi connectivity index (χ1v) is 7.13. The van der Waals surface area contributed by atoms with Crippen LogP contribution in [0.5, 0.6) is 5.75 Å². The lowest BCUT2D eigenvalue weighted by atomic mass is 9.97. The van der Waals surface area contributed by atoms with Gasteiger partial charge in [0.25, 0.3) is 0 Å². The Morgan fingerprint density at radius 2 is 1.95 bits per heavy atom. The SMILES string of the molecule is CNC(c1ccc(OC)c(Br)c1)c1ccc(C)cc1F. The molecule has 0 heterocycles. The monoisotopic (exact) mass is 337 g/mol. The second kappa shape index (κ2) is 6.37. The van der Waals surface area contributed by atoms with E-state index in [9.17, 15) is 4.39 Å². The van der Waals surface area contributed by atoms with Gasteiger partial charge in [0, 0.05) is 5.56 Å². The zero-order valence-electron chi connectivity index (χ0n) is 11.7. The summed E-state index contributed by atoms with van der Waals surface area (Å²) in [4.78, 5) is 0. The molecule has 2 nitrogen and oxygen atoms in total. The fourth-order valence-electron chi connectivity index (χ4n) is 2.23. The fourth-order valence-corrected chi connectivity index (χ4v) is 2.79. The van der Waals surface area contributed by atoms with Crippen LogP contribution in [0.4, 0.5) is 4.39 Å². The number of nitrogens with one attached hydrogen (secondary N) is 1. The van der Waals surface area contributed by atoms with Gasteiger partial charge >= 0.3 is 0 Å². The maximum Gasteiger partial charge on any atom is 0.133 e. The summed E-state index contributed by atoms with van der Waals surface area (Å²) in [5.41, 5.74) is 2.52. The first-order chi connectivity index (χ1) is 9.56. The van der Waals surface area contributed by atoms with Gasteiger partial charge in [0.05, 0.1) is 17.6 Å². The van der Waals surface area contributed by atoms with Gasteiger partial charge in [-0.25, -0.2) is 4.39 Å². The highest BCUT2D eigenvalue weighted by molar-refractivity contribution is 9.10. The summed E-state index contributed by atoms with van der Waals surface area (Å²) in [6.45, 7) is 1.88. The van der Waals surface area contributed by atoms with Crippen LogP contribution in [0, 0.1) is 12.7 Å². The molecular formula is C16H17BrFNO. The van der Waals surface area contributed by atoms with Crippen LogP contribution in [-0.4, -0.2) is 14.2 Å². The second-order valence-electron chi connectivity index (χ2n) is 4.64. The number of aryl methyl sites for hydroxylation is 1. The van der Waals surface area contributed by atoms with E-state index in [2.05, 4.69) is 21.2 Å². The smallest absolute Gasteiger partial charge is 0.133 e. The highest BCUT2D eigenvalue weighted by Gasteiger charge is 2.17. The fraction of sp³-hybridized carbons (Fsp3) is 0.250. The molecule has 0 aromatic heterocycles. The Balaban J connectivity index is 2.44. The van der Waals surface area contributed by atoms with E-state index >= 15 is 0 Å². The van der Waals surface area contributed by atoms with E-state index in [4.69, 9.17) is 4.74 Å². The molecule has 0 bridgehead atoms. The van der Waals surface area contributed by atoms with Crippen molar-refractivity contribution in [3.8, 4) is 5.75 Å². The third-order valence-electron chi connectivity index (χ3n) is 3.26. The van der Waals surface area contributed by atoms with E-state index in [-0.39, 0.29) is 11.9 Å². The van der Waals surface area contributed by atoms with Crippen molar-refractivity contribution in [1.82, 2.24) is 5.32 Å². The molecule has 20 heavy (non-hydrogen) atoms. The van der Waals surface area contributed by atoms with Gasteiger partial charge in [0.1, 0.15) is 11.6 Å². The van der Waals surface area contributed by atoms with Crippen LogP contribution >= 0.6 is 15.9 Å². The van der Waals surface area contributed by atoms with Crippen molar-refractivity contribution >= 4 is 15.9 Å². The maximum absolute atomic E-state index is 14.1. The van der Waals surface area contributed by atoms with E-state index in [0.717, 1.165) is 21.3 Å². The number of rotatable bonds is 4. The molecule has 4 heteroatoms. The molecule has 0 aliphatic carbocycles. The van der Waals surface area contributed by atoms with Gasteiger partial charge in [0.15, 0.2) is 0 Å². The molecule has 0 aliphatic rings. The molecule has 1 N–H and O–H groups in total. The predicted molar refractivity (Wildman–Crippen MR) is 82.7 cm³/mol. The number of benzene rings is 2. The topological polar surface area (TPSA) is 21.3 Å². The lowest BCUT2D eigenvalue weighted by Gasteiger charge is -2.19. The van der Waals surface area contributed by atoms with Crippen molar-refractivity contribution in [2.45, 2.75) is 13.0 Å². The number of halogens is 2. The summed E-state index contributed by atoms with van der Waals surface area (Å²) in [6.07, 6.45) is 0. The van der Waals surface area contributed by atoms with Crippen LogP contribution in [0.2, 0.25) is 0 Å². The lowest BCUT2D eigenvalue weighted by Crippen LogP contribution is -2.19. The van der Waals surface area contributed by atoms with E-state index in [0.29, 0.717) is 5.56 Å². The first kappa shape index (κ1) is 15.0. The third kappa shape index (κ3) is 3.02. The number of hydrogen-bond acceptors (Lipinski definition) is 2. The Bertz CT molecular complexity index is 615. The molecule has 1 atom stereocenters. The first-order valence-electron chi connectivity index (χ1n) is 6.33. The summed E-state index contributed by atoms with van der Waals surface area (Å²) in [7, 11) is 3.44. The van der Waals surface area contributed by atoms with Crippen LogP contribution in [0.3, 0.4) is 0 Å². The van der Waals surface area contributed by atoms with Gasteiger partial charge in [-0.15, -0.1) is 0 Å². The van der Waals surface area contributed by atoms with Crippen LogP contribution in [0.1, 0.15) is 22.7 Å². The molecule has 0 saturated carbocycles. The molecule has 0 radical (unpaired) electrons. The van der Waals surface area contributed by atoms with E-state index in [1.54, 1.807) is 13.2 Å². The molecule has 2 aromatic rings. The Kier molecular flexibility index (Phi) is 4.78. The van der Waals surface area contributed by atoms with Gasteiger partial charge in [-0.05, 0) is 59.2 Å². The van der Waals surface area contributed by atoms with Gasteiger partial charge < -0.3 is 10.1 Å². The average Bonchev–Trinajstić information content (AvgIpc) is 2.42. The van der Waals surface area contributed by atoms with Crippen molar-refractivity contribution in [3.63, 3.8) is 0 Å². The molecule has 2 aromatic carbocycles. The molecule has 106 valence electrons. The van der Waals surface area contributed by atoms with Gasteiger partial charge in [-0.3, -0.25) is 0 Å². The minimum atomic E-state index is -0.198. The number of hydrogen-bond donors (Lipinski definition) is 1. The van der Waals surface area contributed by atoms with Crippen LogP contribution < -0.4 is 10.1 Å². The molecule has 0 amide bonds. The number of ether oxygens (including phenoxy) is 1. The summed E-state index contributed by atoms with van der Waals surface area (Å²) >= 11 is 3.46. The Morgan fingerprint density at radius 1 is 1.20 bits per heavy atom. The highest BCUT2D eigenvalue weighted by Crippen LogP contribution is 2.31. The zero-order chi connectivity index (χ0) is 14.7. The normalized spacial score (nSPS) is 12.2. The van der Waals surface area contributed by atoms with Gasteiger partial charge in [-0.1, -0.05) is 18.2 Å². The summed E-state index contributed by atoms with van der Waals surface area (Å²) in [5, 5.41) is 3.16. The molecular weight excluding hydrogens is 321 g/mol. The Labute approximate surface area is 127 Å². The second-order valence-corrected chi connectivity index (χ2v) is 5.49. The Hall–Kier alpha value is -1.39. The third-order valence-corrected chi connectivity index (χ3v) is 3.88. The van der Waals surface area contributed by atoms with Crippen molar-refractivity contribution < 1.29 is 9.13 Å². The predicted octanol–water partition coefficient (Wildman–Crippen LogP) is 4.21. The maximum atomic E-state index is 14.1. The van der Waals surface area contributed by atoms with E-state index in [1.165, 1.54) is 0 Å². The molecule has 0 fully saturated rings. The van der Waals surface area contributed by atoms with Crippen molar-refractivity contribution in [2.75, 3.05) is 14.2 Å². The summed E-state index contributed by atoms with van der Waals surface area (Å²) < 4.78 is 20.2. The van der Waals surface area contributed by atoms with Gasteiger partial charge in [0.2, 0.25) is 0 Å². The molecule has 0 saturated heterocycles. The largest absolute Gasteiger partial charge is 0.496 e. The molecule has 1 unspecified atom stereocenters. The van der Waals surface area contributed by atoms with Gasteiger partial charge in [-0.2, -0.15) is 0 Å².